The lowest BCUT2D eigenvalue weighted by Crippen LogP contribution is -2.28. The number of anilines is 5. The van der Waals surface area contributed by atoms with Crippen molar-refractivity contribution in [1.29, 1.82) is 0 Å². The van der Waals surface area contributed by atoms with Crippen LogP contribution in [-0.2, 0) is 5.41 Å². The van der Waals surface area contributed by atoms with Crippen molar-refractivity contribution in [3.63, 3.8) is 0 Å². The molecule has 316 valence electrons. The SMILES string of the molecule is C=C/C=C(\C=C/C)c1ccc(N(c2ccccc2)c2cc(-c3ccc4c(c3)c3c(n4-c4ccccc4)=CCC=C(C)C=3)cc(N(C3=CCCC=C3)c3ccccc3)c2)cc1C(C)(C)C. The number of allylic oxidation sites excluding steroid dienone is 10. The number of hydrogen-bond acceptors (Lipinski definition) is 2. The number of hydrogen-bond donors (Lipinski definition) is 0. The first kappa shape index (κ1) is 42.0. The minimum atomic E-state index is -0.141. The van der Waals surface area contributed by atoms with Gasteiger partial charge < -0.3 is 14.4 Å². The van der Waals surface area contributed by atoms with Crippen molar-refractivity contribution in [2.45, 2.75) is 59.3 Å². The van der Waals surface area contributed by atoms with Crippen LogP contribution in [0.15, 0.2) is 212 Å². The van der Waals surface area contributed by atoms with Gasteiger partial charge in [-0.2, -0.15) is 0 Å². The van der Waals surface area contributed by atoms with Crippen LogP contribution in [0.4, 0.5) is 28.4 Å². The highest BCUT2D eigenvalue weighted by atomic mass is 15.2. The fraction of sp³-hybridized carbons (Fsp3) is 0.148. The molecule has 3 heteroatoms. The van der Waals surface area contributed by atoms with Crippen LogP contribution in [0, 0.1) is 0 Å². The maximum atomic E-state index is 4.06. The number of benzene rings is 6. The van der Waals surface area contributed by atoms with Gasteiger partial charge in [0.2, 0.25) is 0 Å². The summed E-state index contributed by atoms with van der Waals surface area (Å²) in [5.41, 5.74) is 16.1. The second kappa shape index (κ2) is 18.2. The Hall–Kier alpha value is -7.36. The van der Waals surface area contributed by atoms with Gasteiger partial charge in [0.25, 0.3) is 0 Å². The first-order chi connectivity index (χ1) is 31.2. The maximum absolute atomic E-state index is 4.06. The van der Waals surface area contributed by atoms with E-state index in [0.29, 0.717) is 0 Å². The van der Waals surface area contributed by atoms with Crippen LogP contribution in [0.25, 0.3) is 45.4 Å². The molecule has 0 radical (unpaired) electrons. The lowest BCUT2D eigenvalue weighted by Gasteiger charge is -2.32. The van der Waals surface area contributed by atoms with Crippen molar-refractivity contribution in [2.75, 3.05) is 9.80 Å². The molecular formula is C61H57N3. The van der Waals surface area contributed by atoms with Gasteiger partial charge >= 0.3 is 0 Å². The van der Waals surface area contributed by atoms with E-state index in [1.807, 2.05) is 6.08 Å². The molecule has 1 aromatic heterocycles. The lowest BCUT2D eigenvalue weighted by atomic mass is 9.81. The zero-order valence-electron chi connectivity index (χ0n) is 37.8. The smallest absolute Gasteiger partial charge is 0.0541 e. The molecule has 0 N–H and O–H groups in total. The Morgan fingerprint density at radius 2 is 1.34 bits per heavy atom. The Morgan fingerprint density at radius 3 is 2.00 bits per heavy atom. The summed E-state index contributed by atoms with van der Waals surface area (Å²) >= 11 is 0. The number of fused-ring (bicyclic) bond motifs is 3. The molecule has 0 fully saturated rings. The number of aromatic nitrogens is 1. The van der Waals surface area contributed by atoms with Gasteiger partial charge in [-0.1, -0.05) is 148 Å². The predicted octanol–water partition coefficient (Wildman–Crippen LogP) is 15.5. The van der Waals surface area contributed by atoms with Crippen LogP contribution in [0.3, 0.4) is 0 Å². The quantitative estimate of drug-likeness (QED) is 0.120. The molecule has 6 aromatic carbocycles. The van der Waals surface area contributed by atoms with Crippen molar-refractivity contribution in [2.24, 2.45) is 0 Å². The Kier molecular flexibility index (Phi) is 11.9. The second-order valence-electron chi connectivity index (χ2n) is 17.8. The van der Waals surface area contributed by atoms with Crippen molar-refractivity contribution in [1.82, 2.24) is 4.57 Å². The summed E-state index contributed by atoms with van der Waals surface area (Å²) in [4.78, 5) is 4.85. The van der Waals surface area contributed by atoms with E-state index < -0.39 is 0 Å². The number of nitrogens with zero attached hydrogens (tertiary/aromatic N) is 3. The summed E-state index contributed by atoms with van der Waals surface area (Å²) in [6.07, 6.45) is 25.2. The Bertz CT molecular complexity index is 3130. The van der Waals surface area contributed by atoms with Gasteiger partial charge in [-0.25, -0.2) is 0 Å². The molecule has 0 saturated carbocycles. The predicted molar refractivity (Wildman–Crippen MR) is 277 cm³/mol. The summed E-state index contributed by atoms with van der Waals surface area (Å²) in [7, 11) is 0. The third-order valence-electron chi connectivity index (χ3n) is 12.2. The molecule has 1 heterocycles. The van der Waals surface area contributed by atoms with Crippen LogP contribution in [-0.4, -0.2) is 4.57 Å². The van der Waals surface area contributed by atoms with E-state index in [0.717, 1.165) is 64.4 Å². The number of rotatable bonds is 11. The summed E-state index contributed by atoms with van der Waals surface area (Å²) in [6, 6.07) is 53.5. The molecule has 9 rings (SSSR count). The molecule has 2 aliphatic carbocycles. The Labute approximate surface area is 379 Å². The lowest BCUT2D eigenvalue weighted by molar-refractivity contribution is 0.589. The number of para-hydroxylation sites is 3. The van der Waals surface area contributed by atoms with E-state index in [9.17, 15) is 0 Å². The molecule has 0 unspecified atom stereocenters. The van der Waals surface area contributed by atoms with E-state index >= 15 is 0 Å². The third kappa shape index (κ3) is 8.42. The zero-order valence-corrected chi connectivity index (χ0v) is 37.8. The van der Waals surface area contributed by atoms with Gasteiger partial charge in [-0.3, -0.25) is 0 Å². The first-order valence-corrected chi connectivity index (χ1v) is 22.6. The van der Waals surface area contributed by atoms with Gasteiger partial charge in [0, 0.05) is 50.4 Å². The minimum absolute atomic E-state index is 0.141. The molecule has 64 heavy (non-hydrogen) atoms. The third-order valence-corrected chi connectivity index (χ3v) is 12.2. The van der Waals surface area contributed by atoms with E-state index in [2.05, 4.69) is 256 Å². The molecule has 0 aliphatic heterocycles. The molecule has 0 bridgehead atoms. The average molecular weight is 832 g/mol. The summed E-state index contributed by atoms with van der Waals surface area (Å²) in [5.74, 6) is 0. The summed E-state index contributed by atoms with van der Waals surface area (Å²) < 4.78 is 2.43. The fourth-order valence-electron chi connectivity index (χ4n) is 9.28. The fourth-order valence-corrected chi connectivity index (χ4v) is 9.28. The highest BCUT2D eigenvalue weighted by Crippen LogP contribution is 2.44. The van der Waals surface area contributed by atoms with Crippen LogP contribution in [0.1, 0.15) is 65.0 Å². The van der Waals surface area contributed by atoms with Gasteiger partial charge in [-0.05, 0) is 157 Å². The molecule has 7 aromatic rings. The first-order valence-electron chi connectivity index (χ1n) is 22.6. The molecule has 0 atom stereocenters. The van der Waals surface area contributed by atoms with Crippen LogP contribution in [0.5, 0.6) is 0 Å². The monoisotopic (exact) mass is 831 g/mol. The van der Waals surface area contributed by atoms with Gasteiger partial charge in [0.15, 0.2) is 0 Å². The van der Waals surface area contributed by atoms with Crippen molar-refractivity contribution < 1.29 is 0 Å². The van der Waals surface area contributed by atoms with Crippen LogP contribution in [0.2, 0.25) is 0 Å². The zero-order chi connectivity index (χ0) is 44.2. The molecule has 3 nitrogen and oxygen atoms in total. The Balaban J connectivity index is 1.33. The van der Waals surface area contributed by atoms with Gasteiger partial charge in [0.05, 0.1) is 10.9 Å². The molecule has 0 amide bonds. The highest BCUT2D eigenvalue weighted by Gasteiger charge is 2.25. The molecular weight excluding hydrogens is 775 g/mol. The Morgan fingerprint density at radius 1 is 0.656 bits per heavy atom. The van der Waals surface area contributed by atoms with E-state index in [1.165, 1.54) is 49.6 Å². The van der Waals surface area contributed by atoms with Crippen molar-refractivity contribution in [3.05, 3.63) is 234 Å². The minimum Gasteiger partial charge on any atom is -0.311 e. The van der Waals surface area contributed by atoms with E-state index in [-0.39, 0.29) is 5.41 Å². The molecule has 0 spiro atoms. The molecule has 2 aliphatic rings. The van der Waals surface area contributed by atoms with Crippen molar-refractivity contribution >= 4 is 57.1 Å². The average Bonchev–Trinajstić information content (AvgIpc) is 3.47. The van der Waals surface area contributed by atoms with Crippen LogP contribution >= 0.6 is 0 Å². The van der Waals surface area contributed by atoms with E-state index in [1.54, 1.807) is 0 Å². The van der Waals surface area contributed by atoms with Crippen LogP contribution < -0.4 is 20.4 Å². The highest BCUT2D eigenvalue weighted by molar-refractivity contribution is 5.92. The van der Waals surface area contributed by atoms with E-state index in [4.69, 9.17) is 0 Å². The summed E-state index contributed by atoms with van der Waals surface area (Å²) in [6.45, 7) is 15.3. The normalized spacial score (nSPS) is 14.0. The maximum Gasteiger partial charge on any atom is 0.0541 e. The largest absolute Gasteiger partial charge is 0.311 e. The van der Waals surface area contributed by atoms with Gasteiger partial charge in [0.1, 0.15) is 0 Å². The standard InChI is InChI=1S/C61H57N3/c1-7-22-45(23-8-2)55-36-35-52(43-58(55)61(4,5)6)63(50-29-17-11-18-30-50)54-40-47(39-53(42-54)62(48-25-13-9-14-26-48)49-27-15-10-16-28-49)46-34-37-60-57(41-46)56-38-44(3)24-21-33-59(56)64(60)51-31-19-12-20-32-51/h7-9,11-15,17-20,22-43H,1,10,16,21H2,2-6H3/b23-8-,45-22+. The molecule has 0 saturated heterocycles. The van der Waals surface area contributed by atoms with Gasteiger partial charge in [-0.15, -0.1) is 0 Å². The second-order valence-corrected chi connectivity index (χ2v) is 17.8. The topological polar surface area (TPSA) is 11.4 Å². The summed E-state index contributed by atoms with van der Waals surface area (Å²) in [5, 5.41) is 3.73. The van der Waals surface area contributed by atoms with Crippen molar-refractivity contribution in [3.8, 4) is 16.8 Å².